The maximum Gasteiger partial charge on any atom is 0.148 e. The molecule has 0 aliphatic heterocycles. The van der Waals surface area contributed by atoms with Crippen LogP contribution in [0.2, 0.25) is 0 Å². The molecule has 0 aliphatic rings. The monoisotopic (exact) mass is 212 g/mol. The Hall–Kier alpha value is -1.29. The minimum absolute atomic E-state index is 0.160. The zero-order chi connectivity index (χ0) is 11.3. The van der Waals surface area contributed by atoms with Crippen molar-refractivity contribution in [2.45, 2.75) is 13.3 Å². The van der Waals surface area contributed by atoms with Crippen LogP contribution in [0.25, 0.3) is 0 Å². The van der Waals surface area contributed by atoms with E-state index in [1.54, 1.807) is 12.1 Å². The second kappa shape index (κ2) is 5.56. The van der Waals surface area contributed by atoms with Crippen molar-refractivity contribution in [3.05, 3.63) is 24.0 Å². The summed E-state index contributed by atoms with van der Waals surface area (Å²) in [5.41, 5.74) is 6.30. The highest BCUT2D eigenvalue weighted by molar-refractivity contribution is 5.52. The molecule has 4 N–H and O–H groups in total. The zero-order valence-corrected chi connectivity index (χ0v) is 8.83. The number of hydrogen-bond acceptors (Lipinski definition) is 3. The van der Waals surface area contributed by atoms with Gasteiger partial charge in [0, 0.05) is 18.8 Å². The molecule has 0 heterocycles. The van der Waals surface area contributed by atoms with E-state index in [0.29, 0.717) is 30.3 Å². The van der Waals surface area contributed by atoms with Gasteiger partial charge >= 0.3 is 0 Å². The molecule has 0 fully saturated rings. The van der Waals surface area contributed by atoms with Gasteiger partial charge in [-0.3, -0.25) is 0 Å². The summed E-state index contributed by atoms with van der Waals surface area (Å²) in [6, 6.07) is 4.57. The summed E-state index contributed by atoms with van der Waals surface area (Å²) >= 11 is 0. The van der Waals surface area contributed by atoms with Crippen molar-refractivity contribution in [3.8, 4) is 0 Å². The molecular formula is C11H17FN2O. The number of anilines is 2. The predicted octanol–water partition coefficient (Wildman–Crippen LogP) is 1.84. The molecule has 0 aliphatic carbocycles. The van der Waals surface area contributed by atoms with Crippen LogP contribution >= 0.6 is 0 Å². The van der Waals surface area contributed by atoms with Crippen LogP contribution in [0, 0.1) is 11.7 Å². The highest BCUT2D eigenvalue weighted by Gasteiger charge is 2.04. The third-order valence-electron chi connectivity index (χ3n) is 2.26. The molecule has 0 saturated heterocycles. The van der Waals surface area contributed by atoms with Gasteiger partial charge in [-0.25, -0.2) is 4.39 Å². The summed E-state index contributed by atoms with van der Waals surface area (Å²) in [4.78, 5) is 0. The second-order valence-electron chi connectivity index (χ2n) is 3.74. The van der Waals surface area contributed by atoms with E-state index in [4.69, 9.17) is 10.8 Å². The lowest BCUT2D eigenvalue weighted by atomic mass is 10.1. The first-order valence-corrected chi connectivity index (χ1v) is 5.03. The molecule has 0 saturated carbocycles. The van der Waals surface area contributed by atoms with Gasteiger partial charge in [-0.1, -0.05) is 6.92 Å². The predicted molar refractivity (Wildman–Crippen MR) is 60.2 cm³/mol. The number of aliphatic hydroxyl groups excluding tert-OH is 1. The Morgan fingerprint density at radius 3 is 2.87 bits per heavy atom. The van der Waals surface area contributed by atoms with E-state index in [9.17, 15) is 4.39 Å². The van der Waals surface area contributed by atoms with E-state index in [2.05, 4.69) is 5.32 Å². The van der Waals surface area contributed by atoms with Crippen LogP contribution in [-0.4, -0.2) is 18.3 Å². The fraction of sp³-hybridized carbons (Fsp3) is 0.455. The van der Waals surface area contributed by atoms with Gasteiger partial charge in [-0.05, 0) is 30.5 Å². The Morgan fingerprint density at radius 1 is 1.53 bits per heavy atom. The number of rotatable bonds is 5. The van der Waals surface area contributed by atoms with Crippen molar-refractivity contribution in [2.75, 3.05) is 24.2 Å². The van der Waals surface area contributed by atoms with Crippen LogP contribution in [-0.2, 0) is 0 Å². The average molecular weight is 212 g/mol. The van der Waals surface area contributed by atoms with Crippen molar-refractivity contribution in [1.82, 2.24) is 0 Å². The molecule has 1 atom stereocenters. The van der Waals surface area contributed by atoms with E-state index < -0.39 is 0 Å². The van der Waals surface area contributed by atoms with Gasteiger partial charge in [-0.15, -0.1) is 0 Å². The normalized spacial score (nSPS) is 12.5. The minimum atomic E-state index is -0.341. The third kappa shape index (κ3) is 3.75. The fourth-order valence-electron chi connectivity index (χ4n) is 1.28. The molecule has 15 heavy (non-hydrogen) atoms. The van der Waals surface area contributed by atoms with Crippen molar-refractivity contribution >= 4 is 11.4 Å². The smallest absolute Gasteiger partial charge is 0.148 e. The van der Waals surface area contributed by atoms with Gasteiger partial charge in [0.15, 0.2) is 0 Å². The first-order valence-electron chi connectivity index (χ1n) is 5.03. The molecule has 0 bridgehead atoms. The van der Waals surface area contributed by atoms with E-state index in [1.807, 2.05) is 6.92 Å². The summed E-state index contributed by atoms with van der Waals surface area (Å²) in [5.74, 6) is -0.0295. The molecule has 1 unspecified atom stereocenters. The Morgan fingerprint density at radius 2 is 2.27 bits per heavy atom. The quantitative estimate of drug-likeness (QED) is 0.653. The summed E-state index contributed by atoms with van der Waals surface area (Å²) in [6.45, 7) is 2.80. The molecule has 0 aromatic heterocycles. The number of nitrogen functional groups attached to an aromatic ring is 1. The topological polar surface area (TPSA) is 58.3 Å². The second-order valence-corrected chi connectivity index (χ2v) is 3.74. The summed E-state index contributed by atoms with van der Waals surface area (Å²) in [7, 11) is 0. The van der Waals surface area contributed by atoms with Crippen LogP contribution < -0.4 is 11.1 Å². The molecular weight excluding hydrogens is 195 g/mol. The van der Waals surface area contributed by atoms with Crippen molar-refractivity contribution in [3.63, 3.8) is 0 Å². The molecule has 1 aromatic carbocycles. The standard InChI is InChI=1S/C11H17FN2O/c1-8(4-5-15)7-14-11-3-2-9(13)6-10(11)12/h2-3,6,8,14-15H,4-5,7,13H2,1H3. The van der Waals surface area contributed by atoms with Crippen LogP contribution in [0.5, 0.6) is 0 Å². The molecule has 1 rings (SSSR count). The van der Waals surface area contributed by atoms with Crippen molar-refractivity contribution < 1.29 is 9.50 Å². The zero-order valence-electron chi connectivity index (χ0n) is 8.83. The Balaban J connectivity index is 2.50. The van der Waals surface area contributed by atoms with Crippen LogP contribution in [0.4, 0.5) is 15.8 Å². The average Bonchev–Trinajstić information content (AvgIpc) is 2.17. The van der Waals surface area contributed by atoms with Gasteiger partial charge in [0.2, 0.25) is 0 Å². The Bertz CT molecular complexity index is 317. The summed E-state index contributed by atoms with van der Waals surface area (Å²) < 4.78 is 13.3. The largest absolute Gasteiger partial charge is 0.399 e. The van der Waals surface area contributed by atoms with E-state index in [-0.39, 0.29) is 12.4 Å². The highest BCUT2D eigenvalue weighted by Crippen LogP contribution is 2.17. The number of benzene rings is 1. The number of nitrogens with one attached hydrogen (secondary N) is 1. The van der Waals surface area contributed by atoms with E-state index >= 15 is 0 Å². The van der Waals surface area contributed by atoms with Crippen molar-refractivity contribution in [1.29, 1.82) is 0 Å². The first-order chi connectivity index (χ1) is 7.13. The number of hydrogen-bond donors (Lipinski definition) is 3. The number of halogens is 1. The SMILES string of the molecule is CC(CCO)CNc1ccc(N)cc1F. The molecule has 3 nitrogen and oxygen atoms in total. The fourth-order valence-corrected chi connectivity index (χ4v) is 1.28. The maximum absolute atomic E-state index is 13.3. The molecule has 84 valence electrons. The van der Waals surface area contributed by atoms with Gasteiger partial charge in [-0.2, -0.15) is 0 Å². The Labute approximate surface area is 89.1 Å². The van der Waals surface area contributed by atoms with Gasteiger partial charge in [0.05, 0.1) is 5.69 Å². The lowest BCUT2D eigenvalue weighted by Gasteiger charge is -2.12. The third-order valence-corrected chi connectivity index (χ3v) is 2.26. The lowest BCUT2D eigenvalue weighted by molar-refractivity contribution is 0.266. The van der Waals surface area contributed by atoms with E-state index in [1.165, 1.54) is 6.07 Å². The summed E-state index contributed by atoms with van der Waals surface area (Å²) in [5, 5.41) is 11.7. The number of nitrogens with two attached hydrogens (primary N) is 1. The molecule has 0 radical (unpaired) electrons. The number of aliphatic hydroxyl groups is 1. The molecule has 4 heteroatoms. The Kier molecular flexibility index (Phi) is 4.37. The first kappa shape index (κ1) is 11.8. The van der Waals surface area contributed by atoms with Crippen LogP contribution in [0.3, 0.4) is 0 Å². The lowest BCUT2D eigenvalue weighted by Crippen LogP contribution is -2.13. The highest BCUT2D eigenvalue weighted by atomic mass is 19.1. The van der Waals surface area contributed by atoms with Gasteiger partial charge in [0.25, 0.3) is 0 Å². The molecule has 1 aromatic rings. The van der Waals surface area contributed by atoms with Crippen LogP contribution in [0.15, 0.2) is 18.2 Å². The van der Waals surface area contributed by atoms with Crippen LogP contribution in [0.1, 0.15) is 13.3 Å². The maximum atomic E-state index is 13.3. The van der Waals surface area contributed by atoms with Gasteiger partial charge < -0.3 is 16.2 Å². The summed E-state index contributed by atoms with van der Waals surface area (Å²) in [6.07, 6.45) is 0.712. The minimum Gasteiger partial charge on any atom is -0.399 e. The van der Waals surface area contributed by atoms with Crippen molar-refractivity contribution in [2.24, 2.45) is 5.92 Å². The van der Waals surface area contributed by atoms with Gasteiger partial charge in [0.1, 0.15) is 5.82 Å². The van der Waals surface area contributed by atoms with E-state index in [0.717, 1.165) is 0 Å². The molecule has 0 spiro atoms. The molecule has 0 amide bonds.